The fraction of sp³-hybridized carbons (Fsp3) is 0.190. The molecule has 0 saturated carbocycles. The molecule has 0 radical (unpaired) electrons. The van der Waals surface area contributed by atoms with Gasteiger partial charge in [-0.3, -0.25) is 0 Å². The smallest absolute Gasteiger partial charge is 0.123 e. The molecule has 3 aromatic rings. The first-order chi connectivity index (χ1) is 12.6. The Labute approximate surface area is 162 Å². The Hall–Kier alpha value is -2.53. The molecule has 0 aliphatic carbocycles. The summed E-state index contributed by atoms with van der Waals surface area (Å²) >= 11 is 3.54. The van der Waals surface area contributed by atoms with Crippen LogP contribution in [0.25, 0.3) is 5.69 Å². The van der Waals surface area contributed by atoms with Crippen LogP contribution in [0, 0.1) is 13.8 Å². The SMILES string of the molecule is COc1ccccc1CN/N=C\c1cc(C)n(-c2cccc(Br)c2)c1C. The lowest BCUT2D eigenvalue weighted by molar-refractivity contribution is 0.408. The van der Waals surface area contributed by atoms with E-state index in [0.29, 0.717) is 6.54 Å². The Morgan fingerprint density at radius 3 is 2.69 bits per heavy atom. The molecule has 0 amide bonds. The van der Waals surface area contributed by atoms with Crippen LogP contribution in [0.1, 0.15) is 22.5 Å². The quantitative estimate of drug-likeness (QED) is 0.458. The summed E-state index contributed by atoms with van der Waals surface area (Å²) in [7, 11) is 1.68. The van der Waals surface area contributed by atoms with E-state index in [1.165, 1.54) is 5.69 Å². The van der Waals surface area contributed by atoms with Crippen LogP contribution in [0.3, 0.4) is 0 Å². The number of ether oxygens (including phenoxy) is 1. The summed E-state index contributed by atoms with van der Waals surface area (Å²) in [6, 6.07) is 18.4. The minimum absolute atomic E-state index is 0.616. The van der Waals surface area contributed by atoms with E-state index in [-0.39, 0.29) is 0 Å². The zero-order valence-corrected chi connectivity index (χ0v) is 16.7. The summed E-state index contributed by atoms with van der Waals surface area (Å²) in [5.74, 6) is 0.864. The first-order valence-corrected chi connectivity index (χ1v) is 9.22. The molecule has 1 N–H and O–H groups in total. The molecule has 3 rings (SSSR count). The van der Waals surface area contributed by atoms with Gasteiger partial charge in [0.1, 0.15) is 5.75 Å². The van der Waals surface area contributed by atoms with Gasteiger partial charge in [-0.05, 0) is 44.2 Å². The number of methoxy groups -OCH3 is 1. The molecule has 1 heterocycles. The van der Waals surface area contributed by atoms with Crippen LogP contribution in [0.4, 0.5) is 0 Å². The molecule has 4 nitrogen and oxygen atoms in total. The molecule has 0 spiro atoms. The van der Waals surface area contributed by atoms with Crippen LogP contribution in [0.2, 0.25) is 0 Å². The molecular weight excluding hydrogens is 390 g/mol. The summed E-state index contributed by atoms with van der Waals surface area (Å²) in [5, 5.41) is 4.39. The van der Waals surface area contributed by atoms with Crippen LogP contribution in [0.5, 0.6) is 5.75 Å². The van der Waals surface area contributed by atoms with Crippen LogP contribution in [-0.2, 0) is 6.54 Å². The van der Waals surface area contributed by atoms with E-state index in [2.05, 4.69) is 63.1 Å². The first-order valence-electron chi connectivity index (χ1n) is 8.43. The molecule has 26 heavy (non-hydrogen) atoms. The van der Waals surface area contributed by atoms with Gasteiger partial charge in [-0.1, -0.05) is 40.2 Å². The number of hydrogen-bond acceptors (Lipinski definition) is 3. The van der Waals surface area contributed by atoms with E-state index in [0.717, 1.165) is 32.7 Å². The summed E-state index contributed by atoms with van der Waals surface area (Å²) in [6.45, 7) is 4.83. The number of hydrogen-bond donors (Lipinski definition) is 1. The number of benzene rings is 2. The van der Waals surface area contributed by atoms with Crippen LogP contribution in [-0.4, -0.2) is 17.9 Å². The van der Waals surface area contributed by atoms with E-state index < -0.39 is 0 Å². The summed E-state index contributed by atoms with van der Waals surface area (Å²) in [5.41, 5.74) is 8.73. The molecule has 0 aliphatic heterocycles. The molecule has 2 aromatic carbocycles. The number of nitrogens with zero attached hydrogens (tertiary/aromatic N) is 2. The predicted octanol–water partition coefficient (Wildman–Crippen LogP) is 4.99. The molecular formula is C21H22BrN3O. The van der Waals surface area contributed by atoms with Gasteiger partial charge in [-0.2, -0.15) is 5.10 Å². The molecule has 0 bridgehead atoms. The number of halogens is 1. The van der Waals surface area contributed by atoms with Crippen LogP contribution >= 0.6 is 15.9 Å². The van der Waals surface area contributed by atoms with Crippen LogP contribution in [0.15, 0.2) is 64.2 Å². The number of aromatic nitrogens is 1. The van der Waals surface area contributed by atoms with Crippen molar-refractivity contribution in [2.45, 2.75) is 20.4 Å². The van der Waals surface area contributed by atoms with Gasteiger partial charge in [0, 0.05) is 32.7 Å². The van der Waals surface area contributed by atoms with Gasteiger partial charge in [0.05, 0.1) is 19.9 Å². The van der Waals surface area contributed by atoms with Gasteiger partial charge >= 0.3 is 0 Å². The van der Waals surface area contributed by atoms with E-state index in [1.807, 2.05) is 42.6 Å². The second-order valence-electron chi connectivity index (χ2n) is 6.05. The molecule has 0 aliphatic rings. The predicted molar refractivity (Wildman–Crippen MR) is 110 cm³/mol. The third-order valence-corrected chi connectivity index (χ3v) is 4.79. The van der Waals surface area contributed by atoms with E-state index in [1.54, 1.807) is 7.11 Å². The normalized spacial score (nSPS) is 11.1. The Balaban J connectivity index is 1.74. The minimum Gasteiger partial charge on any atom is -0.496 e. The van der Waals surface area contributed by atoms with Crippen molar-refractivity contribution in [1.29, 1.82) is 0 Å². The van der Waals surface area contributed by atoms with Crippen LogP contribution < -0.4 is 10.2 Å². The fourth-order valence-electron chi connectivity index (χ4n) is 3.03. The Morgan fingerprint density at radius 1 is 1.12 bits per heavy atom. The van der Waals surface area contributed by atoms with Crippen molar-refractivity contribution in [3.8, 4) is 11.4 Å². The summed E-state index contributed by atoms with van der Waals surface area (Å²) in [4.78, 5) is 0. The van der Waals surface area contributed by atoms with Crippen molar-refractivity contribution in [2.75, 3.05) is 7.11 Å². The average molecular weight is 412 g/mol. The molecule has 5 heteroatoms. The largest absolute Gasteiger partial charge is 0.496 e. The number of rotatable bonds is 6. The molecule has 0 fully saturated rings. The third kappa shape index (κ3) is 3.99. The van der Waals surface area contributed by atoms with Crippen molar-refractivity contribution < 1.29 is 4.74 Å². The molecule has 0 unspecified atom stereocenters. The number of hydrazone groups is 1. The van der Waals surface area contributed by atoms with E-state index >= 15 is 0 Å². The van der Waals surface area contributed by atoms with Gasteiger partial charge < -0.3 is 14.7 Å². The summed E-state index contributed by atoms with van der Waals surface area (Å²) in [6.07, 6.45) is 1.87. The number of nitrogens with one attached hydrogen (secondary N) is 1. The lowest BCUT2D eigenvalue weighted by atomic mass is 10.2. The highest BCUT2D eigenvalue weighted by Crippen LogP contribution is 2.22. The van der Waals surface area contributed by atoms with Crippen molar-refractivity contribution in [3.63, 3.8) is 0 Å². The van der Waals surface area contributed by atoms with Crippen molar-refractivity contribution in [3.05, 3.63) is 81.6 Å². The topological polar surface area (TPSA) is 38.5 Å². The molecule has 134 valence electrons. The monoisotopic (exact) mass is 411 g/mol. The lowest BCUT2D eigenvalue weighted by Gasteiger charge is -2.10. The second-order valence-corrected chi connectivity index (χ2v) is 6.96. The second kappa shape index (κ2) is 8.23. The highest BCUT2D eigenvalue weighted by atomic mass is 79.9. The zero-order valence-electron chi connectivity index (χ0n) is 15.2. The highest BCUT2D eigenvalue weighted by Gasteiger charge is 2.09. The summed E-state index contributed by atoms with van der Waals surface area (Å²) < 4.78 is 8.65. The lowest BCUT2D eigenvalue weighted by Crippen LogP contribution is -2.07. The van der Waals surface area contributed by atoms with Gasteiger partial charge in [-0.25, -0.2) is 0 Å². The van der Waals surface area contributed by atoms with E-state index in [4.69, 9.17) is 4.74 Å². The maximum absolute atomic E-state index is 5.36. The third-order valence-electron chi connectivity index (χ3n) is 4.29. The zero-order chi connectivity index (χ0) is 18.5. The maximum Gasteiger partial charge on any atom is 0.123 e. The van der Waals surface area contributed by atoms with Gasteiger partial charge in [0.2, 0.25) is 0 Å². The Morgan fingerprint density at radius 2 is 1.92 bits per heavy atom. The molecule has 1 aromatic heterocycles. The van der Waals surface area contributed by atoms with Crippen molar-refractivity contribution in [2.24, 2.45) is 5.10 Å². The van der Waals surface area contributed by atoms with E-state index in [9.17, 15) is 0 Å². The standard InChI is InChI=1S/C21H22BrN3O/c1-15-11-18(16(2)25(15)20-9-6-8-19(22)12-20)14-24-23-13-17-7-4-5-10-21(17)26-3/h4-12,14,23H,13H2,1-3H3/b24-14-. The van der Waals surface area contributed by atoms with Gasteiger partial charge in [-0.15, -0.1) is 0 Å². The van der Waals surface area contributed by atoms with Crippen molar-refractivity contribution in [1.82, 2.24) is 9.99 Å². The fourth-order valence-corrected chi connectivity index (χ4v) is 3.41. The number of para-hydroxylation sites is 1. The molecule has 0 saturated heterocycles. The Kier molecular flexibility index (Phi) is 5.78. The molecule has 0 atom stereocenters. The minimum atomic E-state index is 0.616. The van der Waals surface area contributed by atoms with Gasteiger partial charge in [0.25, 0.3) is 0 Å². The average Bonchev–Trinajstić information content (AvgIpc) is 2.92. The van der Waals surface area contributed by atoms with Crippen molar-refractivity contribution >= 4 is 22.1 Å². The maximum atomic E-state index is 5.36. The number of aryl methyl sites for hydroxylation is 1. The van der Waals surface area contributed by atoms with Gasteiger partial charge in [0.15, 0.2) is 0 Å². The Bertz CT molecular complexity index is 931. The first kappa shape index (κ1) is 18.3. The highest BCUT2D eigenvalue weighted by molar-refractivity contribution is 9.10.